The molecule has 11 heteroatoms. The van der Waals surface area contributed by atoms with Gasteiger partial charge in [-0.2, -0.15) is 13.2 Å². The number of rotatable bonds is 4. The zero-order valence-corrected chi connectivity index (χ0v) is 22.4. The summed E-state index contributed by atoms with van der Waals surface area (Å²) < 4.78 is 41.6. The molecule has 1 aromatic heterocycles. The van der Waals surface area contributed by atoms with Crippen LogP contribution >= 0.6 is 46.3 Å². The number of carbonyl (C=O) groups excluding carboxylic acids is 1. The first-order chi connectivity index (χ1) is 17.6. The van der Waals surface area contributed by atoms with E-state index in [2.05, 4.69) is 5.32 Å². The fraction of sp³-hybridized carbons (Fsp3) is 0.385. The number of anilines is 1. The molecule has 194 valence electrons. The second-order valence-electron chi connectivity index (χ2n) is 9.83. The molecule has 1 amide bonds. The Bertz CT molecular complexity index is 1450. The third kappa shape index (κ3) is 4.32. The maximum absolute atomic E-state index is 13.4. The highest BCUT2D eigenvalue weighted by Crippen LogP contribution is 2.64. The minimum absolute atomic E-state index is 0.115. The number of thioether (sulfide) groups is 1. The van der Waals surface area contributed by atoms with Gasteiger partial charge in [-0.05, 0) is 60.8 Å². The van der Waals surface area contributed by atoms with E-state index >= 15 is 0 Å². The van der Waals surface area contributed by atoms with Crippen LogP contribution in [0.2, 0.25) is 10.0 Å². The molecule has 4 nitrogen and oxygen atoms in total. The van der Waals surface area contributed by atoms with Crippen LogP contribution < -0.4 is 10.2 Å². The van der Waals surface area contributed by atoms with Crippen molar-refractivity contribution < 1.29 is 18.0 Å². The second kappa shape index (κ2) is 9.36. The van der Waals surface area contributed by atoms with Gasteiger partial charge in [-0.1, -0.05) is 58.8 Å². The summed E-state index contributed by atoms with van der Waals surface area (Å²) in [6.45, 7) is -0.370. The molecule has 0 radical (unpaired) electrons. The molecule has 5 atom stereocenters. The minimum atomic E-state index is -4.61. The van der Waals surface area contributed by atoms with E-state index in [9.17, 15) is 22.8 Å². The number of para-hydroxylation sites is 1. The summed E-state index contributed by atoms with van der Waals surface area (Å²) in [6.07, 6.45) is -1.20. The van der Waals surface area contributed by atoms with Gasteiger partial charge in [0, 0.05) is 16.0 Å². The SMILES string of the molecule is O=C(Cn1c2c(sc1=O)[C@H](c1cccc(Cl)c1Cl)C1C3CCC(C3)C1S2)Nc1ccccc1C(F)(F)F. The normalized spacial score (nSPS) is 26.1. The molecule has 2 bridgehead atoms. The topological polar surface area (TPSA) is 51.1 Å². The van der Waals surface area contributed by atoms with E-state index in [-0.39, 0.29) is 28.3 Å². The standard InChI is InChI=1S/C26H21Cl2F3N2O2S2/c27-16-6-3-4-14(21(16)28)20-19-12-8-9-13(10-12)22(19)36-24-23(20)37-25(35)33(24)11-18(34)32-17-7-2-1-5-15(17)26(29,30)31/h1-7,12-13,19-20,22H,8-11H2,(H,32,34)/t12?,13?,19?,20-,22?/m1/s1. The van der Waals surface area contributed by atoms with Crippen molar-refractivity contribution in [2.45, 2.75) is 48.2 Å². The Morgan fingerprint density at radius 1 is 1.08 bits per heavy atom. The molecular formula is C26H21Cl2F3N2O2S2. The maximum Gasteiger partial charge on any atom is 0.418 e. The first-order valence-corrected chi connectivity index (χ1v) is 14.4. The van der Waals surface area contributed by atoms with Crippen LogP contribution in [-0.4, -0.2) is 15.7 Å². The van der Waals surface area contributed by atoms with Gasteiger partial charge in [-0.25, -0.2) is 0 Å². The predicted molar refractivity (Wildman–Crippen MR) is 141 cm³/mol. The van der Waals surface area contributed by atoms with E-state index in [0.29, 0.717) is 32.8 Å². The number of hydrogen-bond donors (Lipinski definition) is 1. The number of carbonyl (C=O) groups is 1. The van der Waals surface area contributed by atoms with Crippen LogP contribution in [0.5, 0.6) is 0 Å². The number of fused-ring (bicyclic) bond motifs is 6. The lowest BCUT2D eigenvalue weighted by atomic mass is 9.75. The van der Waals surface area contributed by atoms with E-state index in [4.69, 9.17) is 23.2 Å². The Morgan fingerprint density at radius 3 is 2.62 bits per heavy atom. The van der Waals surface area contributed by atoms with Crippen molar-refractivity contribution in [3.8, 4) is 0 Å². The van der Waals surface area contributed by atoms with E-state index in [1.165, 1.54) is 22.8 Å². The predicted octanol–water partition coefficient (Wildman–Crippen LogP) is 7.53. The molecule has 37 heavy (non-hydrogen) atoms. The number of hydrogen-bond acceptors (Lipinski definition) is 4. The monoisotopic (exact) mass is 584 g/mol. The van der Waals surface area contributed by atoms with Crippen LogP contribution in [0.4, 0.5) is 18.9 Å². The number of nitrogens with zero attached hydrogens (tertiary/aromatic N) is 1. The van der Waals surface area contributed by atoms with Crippen molar-refractivity contribution in [1.82, 2.24) is 4.57 Å². The highest BCUT2D eigenvalue weighted by molar-refractivity contribution is 8.00. The van der Waals surface area contributed by atoms with Gasteiger partial charge >= 0.3 is 11.0 Å². The number of alkyl halides is 3. The lowest BCUT2D eigenvalue weighted by molar-refractivity contribution is -0.137. The summed E-state index contributed by atoms with van der Waals surface area (Å²) in [5, 5.41) is 4.28. The summed E-state index contributed by atoms with van der Waals surface area (Å²) in [6, 6.07) is 10.4. The van der Waals surface area contributed by atoms with E-state index in [0.717, 1.165) is 47.1 Å². The van der Waals surface area contributed by atoms with Gasteiger partial charge in [0.25, 0.3) is 0 Å². The van der Waals surface area contributed by atoms with Crippen LogP contribution in [-0.2, 0) is 17.5 Å². The molecule has 0 spiro atoms. The molecule has 0 saturated heterocycles. The number of halogens is 5. The Balaban J connectivity index is 1.38. The van der Waals surface area contributed by atoms with Gasteiger partial charge in [0.2, 0.25) is 5.91 Å². The van der Waals surface area contributed by atoms with Crippen LogP contribution in [0.15, 0.2) is 52.3 Å². The fourth-order valence-corrected chi connectivity index (χ4v) is 9.94. The van der Waals surface area contributed by atoms with Crippen molar-refractivity contribution in [1.29, 1.82) is 0 Å². The van der Waals surface area contributed by atoms with Crippen molar-refractivity contribution in [2.75, 3.05) is 5.32 Å². The Kier molecular flexibility index (Phi) is 6.41. The molecular weight excluding hydrogens is 564 g/mol. The van der Waals surface area contributed by atoms with E-state index in [1.54, 1.807) is 17.8 Å². The molecule has 6 rings (SSSR count). The van der Waals surface area contributed by atoms with Crippen LogP contribution in [0, 0.1) is 17.8 Å². The van der Waals surface area contributed by atoms with Gasteiger partial charge in [0.15, 0.2) is 0 Å². The third-order valence-corrected chi connectivity index (χ3v) is 11.5. The number of amides is 1. The molecule has 2 heterocycles. The number of benzene rings is 2. The van der Waals surface area contributed by atoms with Crippen molar-refractivity contribution in [3.63, 3.8) is 0 Å². The Labute approximate surface area is 229 Å². The zero-order chi connectivity index (χ0) is 26.1. The van der Waals surface area contributed by atoms with Gasteiger partial charge in [0.1, 0.15) is 6.54 Å². The summed E-state index contributed by atoms with van der Waals surface area (Å²) in [7, 11) is 0. The first-order valence-electron chi connectivity index (χ1n) is 11.9. The van der Waals surface area contributed by atoms with Crippen molar-refractivity contribution in [3.05, 3.63) is 78.2 Å². The highest BCUT2D eigenvalue weighted by atomic mass is 35.5. The largest absolute Gasteiger partial charge is 0.418 e. The average Bonchev–Trinajstić information content (AvgIpc) is 3.54. The summed E-state index contributed by atoms with van der Waals surface area (Å²) in [4.78, 5) is 26.7. The number of aromatic nitrogens is 1. The van der Waals surface area contributed by atoms with Gasteiger partial charge in [0.05, 0.1) is 26.3 Å². The van der Waals surface area contributed by atoms with Crippen molar-refractivity contribution >= 4 is 57.9 Å². The molecule has 2 aromatic carbocycles. The first kappa shape index (κ1) is 25.3. The molecule has 2 fully saturated rings. The molecule has 4 unspecified atom stereocenters. The zero-order valence-electron chi connectivity index (χ0n) is 19.2. The second-order valence-corrected chi connectivity index (χ2v) is 12.8. The molecule has 2 aliphatic carbocycles. The molecule has 3 aliphatic rings. The average molecular weight is 586 g/mol. The third-order valence-electron chi connectivity index (χ3n) is 7.82. The van der Waals surface area contributed by atoms with Gasteiger partial charge < -0.3 is 5.32 Å². The summed E-state index contributed by atoms with van der Waals surface area (Å²) >= 11 is 15.8. The number of thiazole rings is 1. The van der Waals surface area contributed by atoms with Crippen LogP contribution in [0.25, 0.3) is 0 Å². The fourth-order valence-electron chi connectivity index (χ4n) is 6.37. The van der Waals surface area contributed by atoms with Crippen LogP contribution in [0.3, 0.4) is 0 Å². The highest BCUT2D eigenvalue weighted by Gasteiger charge is 2.55. The lowest BCUT2D eigenvalue weighted by Crippen LogP contribution is -2.35. The molecule has 3 aromatic rings. The molecule has 2 saturated carbocycles. The van der Waals surface area contributed by atoms with Crippen molar-refractivity contribution in [2.24, 2.45) is 17.8 Å². The quantitative estimate of drug-likeness (QED) is 0.345. The Morgan fingerprint density at radius 2 is 1.84 bits per heavy atom. The number of nitrogens with one attached hydrogen (secondary N) is 1. The summed E-state index contributed by atoms with van der Waals surface area (Å²) in [5.74, 6) is 0.558. The minimum Gasteiger partial charge on any atom is -0.324 e. The van der Waals surface area contributed by atoms with E-state index in [1.807, 2.05) is 12.1 Å². The van der Waals surface area contributed by atoms with Crippen LogP contribution in [0.1, 0.15) is 41.2 Å². The van der Waals surface area contributed by atoms with Gasteiger partial charge in [-0.3, -0.25) is 14.2 Å². The van der Waals surface area contributed by atoms with Gasteiger partial charge in [-0.15, -0.1) is 11.8 Å². The summed E-state index contributed by atoms with van der Waals surface area (Å²) in [5.41, 5.74) is -0.380. The van der Waals surface area contributed by atoms with E-state index < -0.39 is 17.6 Å². The molecule has 1 N–H and O–H groups in total. The smallest absolute Gasteiger partial charge is 0.324 e. The molecule has 1 aliphatic heterocycles. The maximum atomic E-state index is 13.4. The lowest BCUT2D eigenvalue weighted by Gasteiger charge is -2.40. The Hall–Kier alpha value is -1.94.